The van der Waals surface area contributed by atoms with Gasteiger partial charge in [-0.3, -0.25) is 4.99 Å². The van der Waals surface area contributed by atoms with Crippen LogP contribution in [0.2, 0.25) is 0 Å². The maximum absolute atomic E-state index is 11.4. The molecular formula is C28H38ClI2NO4. The molecule has 0 saturated carbocycles. The van der Waals surface area contributed by atoms with Crippen molar-refractivity contribution in [3.8, 4) is 0 Å². The lowest BCUT2D eigenvalue weighted by Crippen LogP contribution is -2.23. The lowest BCUT2D eigenvalue weighted by molar-refractivity contribution is -0.148. The molecule has 1 N–H and O–H groups in total. The van der Waals surface area contributed by atoms with Gasteiger partial charge in [0.05, 0.1) is 6.26 Å². The van der Waals surface area contributed by atoms with Gasteiger partial charge in [-0.1, -0.05) is 98.6 Å². The van der Waals surface area contributed by atoms with E-state index in [-0.39, 0.29) is 24.8 Å². The zero-order valence-corrected chi connectivity index (χ0v) is 26.6. The minimum atomic E-state index is -0.936. The Labute approximate surface area is 245 Å². The quantitative estimate of drug-likeness (QED) is 0.0381. The summed E-state index contributed by atoms with van der Waals surface area (Å²) in [5.74, 6) is -0.344. The van der Waals surface area contributed by atoms with Crippen LogP contribution in [0.4, 0.5) is 0 Å². The summed E-state index contributed by atoms with van der Waals surface area (Å²) in [6, 6.07) is 0. The van der Waals surface area contributed by atoms with Crippen molar-refractivity contribution >= 4 is 71.6 Å². The first-order chi connectivity index (χ1) is 17.3. The summed E-state index contributed by atoms with van der Waals surface area (Å²) in [6.45, 7) is 11.8. The molecule has 8 heteroatoms. The van der Waals surface area contributed by atoms with Crippen LogP contribution >= 0.6 is 54.9 Å². The number of aliphatic imine (C=N–C) groups is 1. The topological polar surface area (TPSA) is 68.1 Å². The van der Waals surface area contributed by atoms with Gasteiger partial charge in [0.15, 0.2) is 6.10 Å². The van der Waals surface area contributed by atoms with Crippen LogP contribution in [-0.2, 0) is 14.3 Å². The largest absolute Gasteiger partial charge is 0.496 e. The number of rotatable bonds is 18. The van der Waals surface area contributed by atoms with Crippen molar-refractivity contribution in [3.05, 3.63) is 80.9 Å². The summed E-state index contributed by atoms with van der Waals surface area (Å²) in [4.78, 5) is 15.3. The second-order valence-corrected chi connectivity index (χ2v) is 11.8. The minimum Gasteiger partial charge on any atom is -0.496 e. The molecule has 0 bridgehead atoms. The van der Waals surface area contributed by atoms with Crippen LogP contribution in [0.15, 0.2) is 85.9 Å². The van der Waals surface area contributed by atoms with Gasteiger partial charge >= 0.3 is 5.97 Å². The van der Waals surface area contributed by atoms with E-state index < -0.39 is 12.1 Å². The third-order valence-electron chi connectivity index (χ3n) is 4.44. The van der Waals surface area contributed by atoms with Gasteiger partial charge in [-0.05, 0) is 75.1 Å². The van der Waals surface area contributed by atoms with E-state index in [1.54, 1.807) is 6.26 Å². The van der Waals surface area contributed by atoms with E-state index in [1.807, 2.05) is 70.2 Å². The number of halogens is 3. The van der Waals surface area contributed by atoms with Crippen LogP contribution in [0.1, 0.15) is 53.4 Å². The number of allylic oxidation sites excluding steroid dienone is 9. The number of hydrogen-bond acceptors (Lipinski definition) is 4. The predicted molar refractivity (Wildman–Crippen MR) is 173 cm³/mol. The van der Waals surface area contributed by atoms with E-state index in [2.05, 4.69) is 50.5 Å². The summed E-state index contributed by atoms with van der Waals surface area (Å²) in [5.41, 5.74) is 0.878. The van der Waals surface area contributed by atoms with Crippen molar-refractivity contribution in [1.29, 1.82) is 0 Å². The molecule has 5 nitrogen and oxygen atoms in total. The fraction of sp³-hybridized carbons (Fsp3) is 0.393. The van der Waals surface area contributed by atoms with Crippen molar-refractivity contribution in [2.75, 3.05) is 6.61 Å². The van der Waals surface area contributed by atoms with E-state index in [0.717, 1.165) is 24.8 Å². The second kappa shape index (κ2) is 22.7. The Hall–Kier alpha value is -1.46. The first-order valence-electron chi connectivity index (χ1n) is 11.7. The molecule has 0 aromatic carbocycles. The average molecular weight is 742 g/mol. The van der Waals surface area contributed by atoms with Crippen LogP contribution in [0.5, 0.6) is 0 Å². The highest BCUT2D eigenvalue weighted by molar-refractivity contribution is 14.2. The molecule has 0 aliphatic heterocycles. The summed E-state index contributed by atoms with van der Waals surface area (Å²) in [6.07, 6.45) is 21.2. The van der Waals surface area contributed by atoms with Crippen molar-refractivity contribution in [2.24, 2.45) is 4.99 Å². The third kappa shape index (κ3) is 17.1. The lowest BCUT2D eigenvalue weighted by atomic mass is 10.1. The van der Waals surface area contributed by atoms with Crippen LogP contribution < -0.4 is 0 Å². The molecule has 0 spiro atoms. The predicted octanol–water partition coefficient (Wildman–Crippen LogP) is 8.79. The van der Waals surface area contributed by atoms with Gasteiger partial charge in [-0.2, -0.15) is 0 Å². The highest BCUT2D eigenvalue weighted by Gasteiger charge is 2.19. The molecule has 36 heavy (non-hydrogen) atoms. The molecule has 0 aliphatic carbocycles. The third-order valence-corrected chi connectivity index (χ3v) is 8.13. The number of nitrogens with zero attached hydrogens (tertiary/aromatic N) is 1. The molecule has 0 rings (SSSR count). The Bertz CT molecular complexity index is 915. The molecule has 2 atom stereocenters. The number of hydrogen-bond donors (Lipinski definition) is 1. The smallest absolute Gasteiger partial charge is 0.344 e. The Morgan fingerprint density at radius 2 is 1.86 bits per heavy atom. The van der Waals surface area contributed by atoms with Crippen LogP contribution in [0.3, 0.4) is 0 Å². The lowest BCUT2D eigenvalue weighted by Gasteiger charge is -2.17. The molecule has 0 fully saturated rings. The Kier molecular flexibility index (Phi) is 21.8. The summed E-state index contributed by atoms with van der Waals surface area (Å²) >= 11 is 8.00. The Morgan fingerprint density at radius 1 is 1.14 bits per heavy atom. The first-order valence-corrected chi connectivity index (χ1v) is 15.7. The summed E-state index contributed by atoms with van der Waals surface area (Å²) in [7, 11) is 0. The summed E-state index contributed by atoms with van der Waals surface area (Å²) < 4.78 is 15.0. The maximum atomic E-state index is 11.4. The van der Waals surface area contributed by atoms with Gasteiger partial charge in [0.25, 0.3) is 0 Å². The maximum Gasteiger partial charge on any atom is 0.344 e. The van der Waals surface area contributed by atoms with Gasteiger partial charge in [0, 0.05) is 14.2 Å². The molecule has 0 aliphatic rings. The molecule has 0 radical (unpaired) electrons. The zero-order chi connectivity index (χ0) is 27.2. The van der Waals surface area contributed by atoms with Crippen LogP contribution in [0.25, 0.3) is 0 Å². The molecule has 200 valence electrons. The van der Waals surface area contributed by atoms with Crippen molar-refractivity contribution in [1.82, 2.24) is 0 Å². The standard InChI is InChI=1S/C28H38ClI2NO4/c1-6-15-26(28(33)34)36-25(9-4)22(7-2)16-12-13-18-31-24(8-3)21-35-19-14-10-11-17-23(29)20-27(30)32-5/h7-9,11-12,14,16-20,26-27H,5-6,10,13,15,21H2,1-4H3,(H,33,34)/b16-12+,17-11-,19-14+,22-7-,23-20+,24-8-,25-9+. The van der Waals surface area contributed by atoms with Gasteiger partial charge in [0.2, 0.25) is 0 Å². The number of ether oxygens (including phenoxy) is 2. The Morgan fingerprint density at radius 3 is 2.44 bits per heavy atom. The molecule has 0 saturated heterocycles. The van der Waals surface area contributed by atoms with Gasteiger partial charge < -0.3 is 14.6 Å². The zero-order valence-electron chi connectivity index (χ0n) is 21.5. The highest BCUT2D eigenvalue weighted by Crippen LogP contribution is 2.19. The van der Waals surface area contributed by atoms with Crippen LogP contribution in [-0.4, -0.2) is 38.6 Å². The normalized spacial score (nSPS) is 16.1. The average Bonchev–Trinajstić information content (AvgIpc) is 2.86. The number of carbonyl (C=O) groups is 1. The van der Waals surface area contributed by atoms with E-state index in [4.69, 9.17) is 21.1 Å². The van der Waals surface area contributed by atoms with Gasteiger partial charge in [-0.15, -0.1) is 0 Å². The summed E-state index contributed by atoms with van der Waals surface area (Å²) in [5, 5.41) is 10.0. The Balaban J connectivity index is 4.64. The van der Waals surface area contributed by atoms with E-state index in [9.17, 15) is 9.90 Å². The number of aliphatic carboxylic acids is 1. The van der Waals surface area contributed by atoms with Gasteiger partial charge in [-0.25, -0.2) is 4.79 Å². The monoisotopic (exact) mass is 741 g/mol. The van der Waals surface area contributed by atoms with Crippen LogP contribution in [0, 0.1) is 0 Å². The highest BCUT2D eigenvalue weighted by atomic mass is 127. The minimum absolute atomic E-state index is 0.0274. The fourth-order valence-corrected chi connectivity index (χ4v) is 5.23. The first kappa shape index (κ1) is 34.5. The van der Waals surface area contributed by atoms with Crippen molar-refractivity contribution < 1.29 is 19.4 Å². The number of alkyl halides is 1. The van der Waals surface area contributed by atoms with E-state index in [1.165, 1.54) is 3.58 Å². The van der Waals surface area contributed by atoms with Crippen molar-refractivity contribution in [3.63, 3.8) is 0 Å². The number of carboxylic acid groups (broad SMARTS) is 1. The molecule has 2 unspecified atom stereocenters. The molecule has 0 aromatic rings. The van der Waals surface area contributed by atoms with Gasteiger partial charge in [0.1, 0.15) is 16.4 Å². The molecular weight excluding hydrogens is 704 g/mol. The van der Waals surface area contributed by atoms with Crippen molar-refractivity contribution in [2.45, 2.75) is 63.5 Å². The second-order valence-electron chi connectivity index (χ2n) is 7.20. The SMILES string of the molecule is C=NC(I)/C=C(Cl)\C=C/C/C=C/OC/C(=C/C)I=CC/C=C/C(=C/C)C(=C\C)/OC(CCC)C(=O)O. The molecule has 0 heterocycles. The number of carboxylic acids is 1. The molecule has 0 aromatic heterocycles. The van der Waals surface area contributed by atoms with E-state index >= 15 is 0 Å². The fourth-order valence-electron chi connectivity index (χ4n) is 2.59. The van der Waals surface area contributed by atoms with E-state index in [0.29, 0.717) is 23.8 Å². The molecule has 0 amide bonds.